The monoisotopic (exact) mass is 774 g/mol. The first-order valence-corrected chi connectivity index (χ1v) is 16.8. The molecule has 0 bridgehead atoms. The normalized spacial score (nSPS) is 28.0. The first-order valence-electron chi connectivity index (χ1n) is 16.0. The number of hydrogen-bond acceptors (Lipinski definition) is 7. The molecule has 7 rings (SSSR count). The van der Waals surface area contributed by atoms with Crippen molar-refractivity contribution in [3.8, 4) is 11.5 Å². The molecule has 0 spiro atoms. The Morgan fingerprint density at radius 3 is 2.09 bits per heavy atom. The number of benzene rings is 3. The molecule has 6 unspecified atom stereocenters. The summed E-state index contributed by atoms with van der Waals surface area (Å²) in [4.78, 5) is 63.8. The highest BCUT2D eigenvalue weighted by Gasteiger charge is 2.76. The van der Waals surface area contributed by atoms with Crippen LogP contribution in [0.3, 0.4) is 0 Å². The number of carbonyl (C=O) groups is 5. The molecule has 2 heterocycles. The molecular formula is C37H25Cl2F5N2O7. The number of alkyl halides is 2. The zero-order valence-electron chi connectivity index (χ0n) is 27.4. The number of aromatic hydroxyl groups is 1. The topological polar surface area (TPSA) is 121 Å². The maximum atomic E-state index is 15.2. The van der Waals surface area contributed by atoms with Crippen LogP contribution in [-0.4, -0.2) is 51.4 Å². The van der Waals surface area contributed by atoms with Gasteiger partial charge in [0, 0.05) is 11.5 Å². The number of amides is 4. The summed E-state index contributed by atoms with van der Waals surface area (Å²) < 4.78 is 78.5. The van der Waals surface area contributed by atoms with Crippen LogP contribution in [0.4, 0.5) is 33.3 Å². The van der Waals surface area contributed by atoms with Gasteiger partial charge in [-0.2, -0.15) is 0 Å². The number of Topliss-reactive ketones (excluding diaryl/α,β-unsaturated/α-hetero) is 1. The summed E-state index contributed by atoms with van der Waals surface area (Å²) >= 11 is 14.2. The average molecular weight is 776 g/mol. The fourth-order valence-corrected chi connectivity index (χ4v) is 8.81. The number of carbonyl (C=O) groups excluding carboxylic acids is 5. The van der Waals surface area contributed by atoms with E-state index in [4.69, 9.17) is 27.9 Å². The predicted octanol–water partition coefficient (Wildman–Crippen LogP) is 6.61. The highest BCUT2D eigenvalue weighted by molar-refractivity contribution is 6.58. The van der Waals surface area contributed by atoms with Crippen molar-refractivity contribution in [1.82, 2.24) is 0 Å². The van der Waals surface area contributed by atoms with E-state index in [0.717, 1.165) is 4.90 Å². The van der Waals surface area contributed by atoms with Gasteiger partial charge < -0.3 is 9.84 Å². The van der Waals surface area contributed by atoms with Gasteiger partial charge in [-0.15, -0.1) is 23.2 Å². The summed E-state index contributed by atoms with van der Waals surface area (Å²) in [6, 6.07) is 9.88. The van der Waals surface area contributed by atoms with Gasteiger partial charge in [-0.3, -0.25) is 28.9 Å². The number of ether oxygens (including phenoxy) is 1. The molecule has 16 heteroatoms. The molecule has 4 aliphatic rings. The molecule has 6 atom stereocenters. The number of imide groups is 2. The number of phenolic OH excluding ortho intramolecular Hbond substituents is 1. The highest BCUT2D eigenvalue weighted by Crippen LogP contribution is 2.64. The fourth-order valence-electron chi connectivity index (χ4n) is 7.92. The van der Waals surface area contributed by atoms with Gasteiger partial charge in [0.05, 0.1) is 24.6 Å². The summed E-state index contributed by atoms with van der Waals surface area (Å²) in [6.45, 7) is 1.34. The minimum atomic E-state index is -2.67. The van der Waals surface area contributed by atoms with Gasteiger partial charge in [-0.1, -0.05) is 29.9 Å². The van der Waals surface area contributed by atoms with E-state index in [0.29, 0.717) is 11.1 Å². The number of anilines is 2. The second-order valence-electron chi connectivity index (χ2n) is 13.1. The Balaban J connectivity index is 1.38. The third kappa shape index (κ3) is 4.98. The molecule has 274 valence electrons. The average Bonchev–Trinajstić information content (AvgIpc) is 3.48. The standard InChI is InChI=1S/C37H25Cl2F5N2O7/c1-15(47)17-5-7-18(8-6-17)45-32(49)20-10-9-19-21(25(20)33(45)50)14-36(38)34(51)46(31-29(43)27(41)26(40)28(42)30(31)44)35(52)37(36,39)22(19)11-3-16-4-12-23(48)24(13-16)53-2/h3-9,11-13,20-22,25,48H,10,14H2,1-2H3. The number of phenols is 1. The van der Waals surface area contributed by atoms with Crippen LogP contribution in [0.1, 0.15) is 35.7 Å². The van der Waals surface area contributed by atoms with E-state index in [1.54, 1.807) is 6.08 Å². The van der Waals surface area contributed by atoms with Gasteiger partial charge in [-0.25, -0.2) is 26.9 Å². The molecule has 4 amide bonds. The Bertz CT molecular complexity index is 2220. The predicted molar refractivity (Wildman–Crippen MR) is 180 cm³/mol. The van der Waals surface area contributed by atoms with Crippen molar-refractivity contribution in [3.05, 3.63) is 100 Å². The van der Waals surface area contributed by atoms with Crippen molar-refractivity contribution in [3.63, 3.8) is 0 Å². The molecule has 2 aliphatic heterocycles. The molecule has 1 N–H and O–H groups in total. The van der Waals surface area contributed by atoms with Gasteiger partial charge in [0.1, 0.15) is 5.69 Å². The van der Waals surface area contributed by atoms with Crippen molar-refractivity contribution in [2.75, 3.05) is 16.9 Å². The maximum Gasteiger partial charge on any atom is 0.258 e. The number of fused-ring (bicyclic) bond motifs is 4. The lowest BCUT2D eigenvalue weighted by Gasteiger charge is -2.49. The molecule has 0 aromatic heterocycles. The quantitative estimate of drug-likeness (QED) is 0.0569. The van der Waals surface area contributed by atoms with Crippen molar-refractivity contribution >= 4 is 70.1 Å². The van der Waals surface area contributed by atoms with Gasteiger partial charge in [0.15, 0.2) is 50.3 Å². The number of hydrogen-bond donors (Lipinski definition) is 1. The van der Waals surface area contributed by atoms with Crippen molar-refractivity contribution in [1.29, 1.82) is 0 Å². The van der Waals surface area contributed by atoms with Crippen molar-refractivity contribution < 1.29 is 55.8 Å². The van der Waals surface area contributed by atoms with Crippen LogP contribution in [0.2, 0.25) is 0 Å². The molecule has 3 aromatic rings. The van der Waals surface area contributed by atoms with E-state index in [1.165, 1.54) is 68.7 Å². The SMILES string of the molecule is COc1cc(C=CC2C3=CCC4C(=O)N(c5ccc(C(C)=O)cc5)C(=O)C4C3CC3(Cl)C(=O)N(c4c(F)c(F)c(F)c(F)c4F)C(=O)C23Cl)ccc1O. The molecule has 9 nitrogen and oxygen atoms in total. The van der Waals surface area contributed by atoms with E-state index >= 15 is 8.78 Å². The van der Waals surface area contributed by atoms with E-state index < -0.39 is 98.2 Å². The number of nitrogens with zero attached hydrogens (tertiary/aromatic N) is 2. The molecule has 2 aliphatic carbocycles. The molecular weight excluding hydrogens is 750 g/mol. The second kappa shape index (κ2) is 12.5. The summed E-state index contributed by atoms with van der Waals surface area (Å²) in [5.74, 6) is -22.0. The lowest BCUT2D eigenvalue weighted by molar-refractivity contribution is -0.125. The van der Waals surface area contributed by atoms with Crippen LogP contribution in [0.25, 0.3) is 6.08 Å². The van der Waals surface area contributed by atoms with Crippen LogP contribution in [0.15, 0.2) is 60.2 Å². The zero-order chi connectivity index (χ0) is 38.5. The summed E-state index contributed by atoms with van der Waals surface area (Å²) in [7, 11) is 1.30. The molecule has 3 aromatic carbocycles. The first kappa shape index (κ1) is 36.3. The summed E-state index contributed by atoms with van der Waals surface area (Å²) in [6.07, 6.45) is 3.60. The molecule has 3 fully saturated rings. The lowest BCUT2D eigenvalue weighted by Crippen LogP contribution is -2.60. The van der Waals surface area contributed by atoms with Crippen molar-refractivity contribution in [2.45, 2.75) is 29.5 Å². The highest BCUT2D eigenvalue weighted by atomic mass is 35.5. The largest absolute Gasteiger partial charge is 0.504 e. The van der Waals surface area contributed by atoms with E-state index in [2.05, 4.69) is 0 Å². The zero-order valence-corrected chi connectivity index (χ0v) is 28.9. The Hall–Kier alpha value is -5.08. The smallest absolute Gasteiger partial charge is 0.258 e. The van der Waals surface area contributed by atoms with Crippen molar-refractivity contribution in [2.24, 2.45) is 23.7 Å². The molecule has 0 radical (unpaired) electrons. The van der Waals surface area contributed by atoms with E-state index in [9.17, 15) is 42.3 Å². The fraction of sp³-hybridized carbons (Fsp3) is 0.270. The number of rotatable bonds is 6. The van der Waals surface area contributed by atoms with E-state index in [1.807, 2.05) is 0 Å². The van der Waals surface area contributed by atoms with Gasteiger partial charge in [0.2, 0.25) is 17.6 Å². The number of methoxy groups -OCH3 is 1. The number of allylic oxidation sites excluding steroid dienone is 3. The minimum Gasteiger partial charge on any atom is -0.504 e. The number of ketones is 1. The molecule has 53 heavy (non-hydrogen) atoms. The third-order valence-electron chi connectivity index (χ3n) is 10.5. The van der Waals surface area contributed by atoms with Crippen LogP contribution in [-0.2, 0) is 19.2 Å². The third-order valence-corrected chi connectivity index (χ3v) is 11.9. The first-order chi connectivity index (χ1) is 25.0. The Kier molecular flexibility index (Phi) is 8.57. The second-order valence-corrected chi connectivity index (χ2v) is 14.4. The van der Waals surface area contributed by atoms with Crippen LogP contribution in [0, 0.1) is 52.8 Å². The van der Waals surface area contributed by atoms with E-state index in [-0.39, 0.29) is 39.9 Å². The van der Waals surface area contributed by atoms with Gasteiger partial charge in [0.25, 0.3) is 11.8 Å². The lowest BCUT2D eigenvalue weighted by atomic mass is 9.57. The number of halogens is 7. The Labute approximate surface area is 307 Å². The Morgan fingerprint density at radius 2 is 1.49 bits per heavy atom. The molecule has 1 saturated carbocycles. The summed E-state index contributed by atoms with van der Waals surface area (Å²) in [5.41, 5.74) is -0.773. The minimum absolute atomic E-state index is 0.0494. The summed E-state index contributed by atoms with van der Waals surface area (Å²) in [5, 5.41) is 10.1. The van der Waals surface area contributed by atoms with Crippen LogP contribution in [0.5, 0.6) is 11.5 Å². The Morgan fingerprint density at radius 1 is 0.868 bits per heavy atom. The van der Waals surface area contributed by atoms with Crippen LogP contribution >= 0.6 is 23.2 Å². The van der Waals surface area contributed by atoms with Gasteiger partial charge >= 0.3 is 0 Å². The van der Waals surface area contributed by atoms with Crippen LogP contribution < -0.4 is 14.5 Å². The maximum absolute atomic E-state index is 15.2. The van der Waals surface area contributed by atoms with Gasteiger partial charge in [-0.05, 0) is 67.6 Å². The molecule has 2 saturated heterocycles.